The minimum Gasteiger partial charge on any atom is -0.463 e. The number of fused-ring (bicyclic) bond motifs is 1. The molecule has 0 aromatic heterocycles. The third-order valence-corrected chi connectivity index (χ3v) is 5.69. The minimum atomic E-state index is -0.500. The van der Waals surface area contributed by atoms with Gasteiger partial charge in [0, 0.05) is 36.6 Å². The number of carbonyl (C=O) groups excluding carboxylic acids is 2. The van der Waals surface area contributed by atoms with Crippen molar-refractivity contribution >= 4 is 12.1 Å². The van der Waals surface area contributed by atoms with Gasteiger partial charge in [-0.3, -0.25) is 0 Å². The van der Waals surface area contributed by atoms with Crippen LogP contribution in [0.15, 0.2) is 53.6 Å². The molecule has 0 unspecified atom stereocenters. The van der Waals surface area contributed by atoms with Crippen LogP contribution in [0.5, 0.6) is 0 Å². The number of amides is 1. The number of nitrogens with zero attached hydrogens (tertiary/aromatic N) is 1. The maximum absolute atomic E-state index is 12.7. The lowest BCUT2D eigenvalue weighted by Crippen LogP contribution is -2.52. The summed E-state index contributed by atoms with van der Waals surface area (Å²) in [6, 6.07) is 9.56. The summed E-state index contributed by atoms with van der Waals surface area (Å²) >= 11 is 0. The van der Waals surface area contributed by atoms with Crippen LogP contribution in [0.3, 0.4) is 0 Å². The summed E-state index contributed by atoms with van der Waals surface area (Å²) < 4.78 is 10.8. The number of likely N-dealkylation sites (tertiary alicyclic amines) is 1. The Hall–Kier alpha value is -2.60. The second-order valence-corrected chi connectivity index (χ2v) is 7.72. The van der Waals surface area contributed by atoms with Crippen LogP contribution < -0.4 is 0 Å². The van der Waals surface area contributed by atoms with Crippen LogP contribution in [0, 0.1) is 11.3 Å². The molecule has 1 fully saturated rings. The second kappa shape index (κ2) is 9.27. The molecule has 6 nitrogen and oxygen atoms in total. The predicted octanol–water partition coefficient (Wildman–Crippen LogP) is 3.46. The van der Waals surface area contributed by atoms with Gasteiger partial charge in [0.25, 0.3) is 0 Å². The van der Waals surface area contributed by atoms with Crippen LogP contribution in [-0.4, -0.2) is 48.4 Å². The number of piperidine rings is 1. The SMILES string of the molecule is CCOC(=O)C1=CC(C)=C[C@@]2(CCO)CN(C(=O)OCc3ccccc3)CC[C@@H]12. The number of benzene rings is 1. The number of aliphatic hydroxyl groups excluding tert-OH is 1. The topological polar surface area (TPSA) is 76.1 Å². The third-order valence-electron chi connectivity index (χ3n) is 5.69. The van der Waals surface area contributed by atoms with Crippen LogP contribution in [0.2, 0.25) is 0 Å². The highest BCUT2D eigenvalue weighted by Gasteiger charge is 2.48. The Bertz CT molecular complexity index is 801. The third kappa shape index (κ3) is 4.70. The van der Waals surface area contributed by atoms with Gasteiger partial charge in [-0.2, -0.15) is 0 Å². The van der Waals surface area contributed by atoms with E-state index in [2.05, 4.69) is 6.08 Å². The van der Waals surface area contributed by atoms with E-state index in [-0.39, 0.29) is 31.2 Å². The molecule has 0 saturated carbocycles. The summed E-state index contributed by atoms with van der Waals surface area (Å²) in [6.45, 7) is 5.13. The maximum atomic E-state index is 12.7. The summed E-state index contributed by atoms with van der Waals surface area (Å²) in [5, 5.41) is 9.74. The number of esters is 1. The Morgan fingerprint density at radius 1 is 1.24 bits per heavy atom. The normalized spacial score (nSPS) is 23.6. The Labute approximate surface area is 171 Å². The number of hydrogen-bond acceptors (Lipinski definition) is 5. The van der Waals surface area contributed by atoms with Gasteiger partial charge in [0.15, 0.2) is 0 Å². The number of rotatable bonds is 6. The van der Waals surface area contributed by atoms with Crippen molar-refractivity contribution in [2.75, 3.05) is 26.3 Å². The molecule has 2 atom stereocenters. The fourth-order valence-corrected chi connectivity index (χ4v) is 4.49. The molecule has 1 amide bonds. The lowest BCUT2D eigenvalue weighted by atomic mass is 9.62. The van der Waals surface area contributed by atoms with E-state index in [0.29, 0.717) is 38.1 Å². The van der Waals surface area contributed by atoms with E-state index in [1.807, 2.05) is 43.3 Å². The van der Waals surface area contributed by atoms with Gasteiger partial charge in [0.1, 0.15) is 6.61 Å². The average Bonchev–Trinajstić information content (AvgIpc) is 2.71. The zero-order chi connectivity index (χ0) is 20.9. The van der Waals surface area contributed by atoms with Crippen molar-refractivity contribution in [2.24, 2.45) is 11.3 Å². The number of hydrogen-bond donors (Lipinski definition) is 1. The van der Waals surface area contributed by atoms with Gasteiger partial charge < -0.3 is 19.5 Å². The maximum Gasteiger partial charge on any atom is 0.410 e. The van der Waals surface area contributed by atoms with Crippen LogP contribution in [0.4, 0.5) is 4.79 Å². The van der Waals surface area contributed by atoms with E-state index in [9.17, 15) is 14.7 Å². The van der Waals surface area contributed by atoms with Crippen LogP contribution >= 0.6 is 0 Å². The van der Waals surface area contributed by atoms with Crippen LogP contribution in [-0.2, 0) is 20.9 Å². The van der Waals surface area contributed by atoms with Gasteiger partial charge in [-0.05, 0) is 38.3 Å². The van der Waals surface area contributed by atoms with E-state index in [1.165, 1.54) is 0 Å². The fourth-order valence-electron chi connectivity index (χ4n) is 4.49. The number of ether oxygens (including phenoxy) is 2. The highest BCUT2D eigenvalue weighted by molar-refractivity contribution is 5.90. The van der Waals surface area contributed by atoms with Gasteiger partial charge >= 0.3 is 12.1 Å². The molecule has 0 bridgehead atoms. The van der Waals surface area contributed by atoms with E-state index in [4.69, 9.17) is 9.47 Å². The summed E-state index contributed by atoms with van der Waals surface area (Å²) in [5.74, 6) is -0.400. The first-order chi connectivity index (χ1) is 14.0. The van der Waals surface area contributed by atoms with E-state index < -0.39 is 5.41 Å². The molecule has 1 saturated heterocycles. The molecular weight excluding hydrogens is 370 g/mol. The first kappa shape index (κ1) is 21.1. The number of allylic oxidation sites excluding steroid dienone is 2. The standard InChI is InChI=1S/C23H29NO5/c1-3-28-21(26)19-13-17(2)14-23(10-12-25)16-24(11-9-20(19)23)22(27)29-15-18-7-5-4-6-8-18/h4-8,13-14,20,25H,3,9-12,15-16H2,1-2H3/t20-,23-/m0/s1. The molecule has 2 aliphatic rings. The first-order valence-corrected chi connectivity index (χ1v) is 10.1. The number of aliphatic hydroxyl groups is 1. The van der Waals surface area contributed by atoms with E-state index >= 15 is 0 Å². The Morgan fingerprint density at radius 3 is 2.69 bits per heavy atom. The summed E-state index contributed by atoms with van der Waals surface area (Å²) in [7, 11) is 0. The molecule has 6 heteroatoms. The molecule has 156 valence electrons. The Morgan fingerprint density at radius 2 is 2.00 bits per heavy atom. The van der Waals surface area contributed by atoms with Gasteiger partial charge in [-0.1, -0.05) is 42.0 Å². The van der Waals surface area contributed by atoms with Crippen molar-refractivity contribution in [3.05, 3.63) is 59.2 Å². The quantitative estimate of drug-likeness (QED) is 0.742. The predicted molar refractivity (Wildman–Crippen MR) is 109 cm³/mol. The molecule has 1 aliphatic carbocycles. The minimum absolute atomic E-state index is 0.0245. The number of carbonyl (C=O) groups is 2. The molecule has 1 aromatic rings. The molecule has 0 spiro atoms. The van der Waals surface area contributed by atoms with Gasteiger partial charge in [0.05, 0.1) is 6.61 Å². The summed E-state index contributed by atoms with van der Waals surface area (Å²) in [4.78, 5) is 26.9. The van der Waals surface area contributed by atoms with E-state index in [1.54, 1.807) is 11.8 Å². The second-order valence-electron chi connectivity index (χ2n) is 7.72. The Balaban J connectivity index is 1.76. The van der Waals surface area contributed by atoms with Gasteiger partial charge in [-0.15, -0.1) is 0 Å². The van der Waals surface area contributed by atoms with Crippen LogP contribution in [0.25, 0.3) is 0 Å². The van der Waals surface area contributed by atoms with Crippen molar-refractivity contribution in [3.63, 3.8) is 0 Å². The van der Waals surface area contributed by atoms with Crippen LogP contribution in [0.1, 0.15) is 32.3 Å². The van der Waals surface area contributed by atoms with Crippen molar-refractivity contribution in [2.45, 2.75) is 33.3 Å². The highest BCUT2D eigenvalue weighted by Crippen LogP contribution is 2.48. The molecular formula is C23H29NO5. The lowest BCUT2D eigenvalue weighted by Gasteiger charge is -2.48. The highest BCUT2D eigenvalue weighted by atomic mass is 16.6. The summed E-state index contributed by atoms with van der Waals surface area (Å²) in [6.07, 6.45) is 4.68. The van der Waals surface area contributed by atoms with E-state index in [0.717, 1.165) is 11.1 Å². The zero-order valence-electron chi connectivity index (χ0n) is 17.1. The summed E-state index contributed by atoms with van der Waals surface area (Å²) in [5.41, 5.74) is 2.01. The lowest BCUT2D eigenvalue weighted by molar-refractivity contribution is -0.140. The zero-order valence-corrected chi connectivity index (χ0v) is 17.1. The Kier molecular flexibility index (Phi) is 6.75. The van der Waals surface area contributed by atoms with Gasteiger partial charge in [-0.25, -0.2) is 9.59 Å². The van der Waals surface area contributed by atoms with Crippen molar-refractivity contribution < 1.29 is 24.2 Å². The molecule has 1 aliphatic heterocycles. The van der Waals surface area contributed by atoms with Crippen molar-refractivity contribution in [3.8, 4) is 0 Å². The monoisotopic (exact) mass is 399 g/mol. The molecule has 0 radical (unpaired) electrons. The largest absolute Gasteiger partial charge is 0.463 e. The molecule has 29 heavy (non-hydrogen) atoms. The fraction of sp³-hybridized carbons (Fsp3) is 0.478. The smallest absolute Gasteiger partial charge is 0.410 e. The first-order valence-electron chi connectivity index (χ1n) is 10.1. The molecule has 1 aromatic carbocycles. The van der Waals surface area contributed by atoms with Gasteiger partial charge in [0.2, 0.25) is 0 Å². The molecule has 1 N–H and O–H groups in total. The van der Waals surface area contributed by atoms with Crippen molar-refractivity contribution in [1.29, 1.82) is 0 Å². The molecule has 3 rings (SSSR count). The van der Waals surface area contributed by atoms with Crippen molar-refractivity contribution in [1.82, 2.24) is 4.90 Å². The average molecular weight is 399 g/mol. The molecule has 1 heterocycles.